The zero-order valence-corrected chi connectivity index (χ0v) is 58.5. The van der Waals surface area contributed by atoms with E-state index in [-0.39, 0.29) is 84.7 Å². The minimum absolute atomic E-state index is 0. The van der Waals surface area contributed by atoms with E-state index in [0.717, 1.165) is 5.57 Å². The molecular formula is C62H101NaO32S. The number of ether oxygens (including phenoxy) is 12. The van der Waals surface area contributed by atoms with Gasteiger partial charge >= 0.3 is 29.6 Å². The molecule has 0 aromatic carbocycles. The molecule has 0 aromatic heterocycles. The van der Waals surface area contributed by atoms with E-state index < -0.39 is 236 Å². The molecule has 32 unspecified atom stereocenters. The van der Waals surface area contributed by atoms with Gasteiger partial charge in [-0.25, -0.2) is 8.42 Å². The number of rotatable bonds is 20. The summed E-state index contributed by atoms with van der Waals surface area (Å²) >= 11 is 0. The smallest absolute Gasteiger partial charge is 0.726 e. The first-order chi connectivity index (χ1) is 44.4. The molecular weight excluding hydrogens is 1310 g/mol. The Bertz CT molecular complexity index is 2740. The van der Waals surface area contributed by atoms with Crippen molar-refractivity contribution in [2.75, 3.05) is 13.2 Å². The van der Waals surface area contributed by atoms with Crippen LogP contribution < -0.4 is 29.6 Å². The molecule has 0 spiro atoms. The first-order valence-corrected chi connectivity index (χ1v) is 34.6. The summed E-state index contributed by atoms with van der Waals surface area (Å²) in [5.41, 5.74) is -1.41. The summed E-state index contributed by atoms with van der Waals surface area (Å²) < 4.78 is 115. The third kappa shape index (κ3) is 15.9. The summed E-state index contributed by atoms with van der Waals surface area (Å²) in [6.45, 7) is 13.8. The number of aliphatic hydroxyl groups excluding tert-OH is 14. The average Bonchev–Trinajstić information content (AvgIpc) is 1.41. The topological polar surface area (TPSA) is 498 Å². The molecule has 96 heavy (non-hydrogen) atoms. The van der Waals surface area contributed by atoms with Crippen LogP contribution in [0.1, 0.15) is 120 Å². The van der Waals surface area contributed by atoms with Crippen molar-refractivity contribution < 1.29 is 185 Å². The van der Waals surface area contributed by atoms with Crippen molar-refractivity contribution in [3.05, 3.63) is 11.6 Å². The second-order valence-corrected chi connectivity index (χ2v) is 30.5. The van der Waals surface area contributed by atoms with Gasteiger partial charge in [0.15, 0.2) is 37.7 Å². The fraction of sp³-hybridized carbons (Fsp3) is 0.952. The van der Waals surface area contributed by atoms with Crippen molar-refractivity contribution in [3.63, 3.8) is 0 Å². The average molecular weight is 1410 g/mol. The van der Waals surface area contributed by atoms with Crippen LogP contribution in [0.25, 0.3) is 0 Å². The van der Waals surface area contributed by atoms with Crippen LogP contribution in [0.2, 0.25) is 0 Å². The monoisotopic (exact) mass is 1410 g/mol. The molecule has 6 saturated heterocycles. The number of carbonyl (C=O) groups is 1. The van der Waals surface area contributed by atoms with Gasteiger partial charge in [-0.3, -0.25) is 8.98 Å². The first-order valence-electron chi connectivity index (χ1n) is 33.3. The summed E-state index contributed by atoms with van der Waals surface area (Å²) in [5.74, 6) is -1.01. The Hall–Kier alpha value is -0.800. The van der Waals surface area contributed by atoms with Crippen molar-refractivity contribution in [1.29, 1.82) is 0 Å². The molecule has 0 bridgehead atoms. The minimum atomic E-state index is -5.17. The van der Waals surface area contributed by atoms with E-state index in [0.29, 0.717) is 32.1 Å². The maximum absolute atomic E-state index is 13.3. The maximum atomic E-state index is 13.3. The van der Waals surface area contributed by atoms with Crippen molar-refractivity contribution in [1.82, 2.24) is 0 Å². The Morgan fingerprint density at radius 1 is 0.604 bits per heavy atom. The Kier molecular flexibility index (Phi) is 25.7. The number of hydrogen-bond acceptors (Lipinski definition) is 32. The molecule has 0 radical (unpaired) electrons. The quantitative estimate of drug-likeness (QED) is 0.0233. The van der Waals surface area contributed by atoms with Gasteiger partial charge in [0.25, 0.3) is 0 Å². The van der Waals surface area contributed by atoms with Gasteiger partial charge in [0.2, 0.25) is 10.4 Å². The number of aliphatic hydroxyl groups is 15. The number of hydrogen-bond donors (Lipinski definition) is 15. The molecule has 548 valence electrons. The molecule has 15 N–H and O–H groups in total. The van der Waals surface area contributed by atoms with Gasteiger partial charge in [-0.2, -0.15) is 0 Å². The third-order valence-electron chi connectivity index (χ3n) is 22.3. The van der Waals surface area contributed by atoms with Crippen LogP contribution in [-0.4, -0.2) is 305 Å². The summed E-state index contributed by atoms with van der Waals surface area (Å²) in [4.78, 5) is 13.3. The predicted octanol–water partition coefficient (Wildman–Crippen LogP) is -7.16. The normalized spacial score (nSPS) is 51.5. The fourth-order valence-electron chi connectivity index (χ4n) is 17.3. The standard InChI is InChI=1S/C62H102O32S.Na/c1-22(2)16-27(64)19-62(9,78)36-11-10-30-29-18-34(32-17-28(94-95(79,80)81)12-14-60(32,7)31(29)13-15-61(30,36)8)87-57-48(77)51(39(68)25(5)85-57)91-58-52(92-55-44(73)41(70)37(66)23(3)83-55)46(75)49(26(6)86-58)89-59-53(93-56-45(74)42(71)38(67)24(4)84-56)47(76)50(35(20-63)88-59)90-54-43(72)40(69)33(65)21-82-54;/h13,22-26,28-30,32-59,63,65-78H,10-12,14-21H2,1-9H3,(H,79,80,81);/q;+1/p-1/t23?,24?,25?,26?,28-,29?,30?,32?,33?,34-,35?,36-,37?,38?,39?,40?,41?,42?,43?,44?,45?,46?,47?,48?,49?,50?,51?,52?,53?,54?,55?,56?,57?,58?,59?,60+,61-,62-;/m0./s1. The second-order valence-electron chi connectivity index (χ2n) is 29.4. The summed E-state index contributed by atoms with van der Waals surface area (Å²) in [6.07, 6.45) is -48.1. The number of ketones is 1. The Morgan fingerprint density at radius 2 is 1.11 bits per heavy atom. The summed E-state index contributed by atoms with van der Waals surface area (Å²) in [7, 11) is -5.17. The van der Waals surface area contributed by atoms with Crippen LogP contribution in [0.3, 0.4) is 0 Å². The largest absolute Gasteiger partial charge is 1.00 e. The van der Waals surface area contributed by atoms with Crippen LogP contribution >= 0.6 is 0 Å². The van der Waals surface area contributed by atoms with Crippen LogP contribution in [0.4, 0.5) is 0 Å². The molecule has 32 nitrogen and oxygen atoms in total. The van der Waals surface area contributed by atoms with Crippen LogP contribution in [0.15, 0.2) is 11.6 Å². The fourth-order valence-corrected chi connectivity index (χ4v) is 17.8. The molecule has 34 heteroatoms. The SMILES string of the molecule is CC(C)CC(=O)C[C@](C)(O)[C@H]1CCC2C3C[C@H](OC4OC(C)C(O)C(OC5OC(C)C(OC6OC(CO)C(OC7OCC(O)C(O)C7O)C(O)C6OC6OC(C)C(O)C(O)C6O)C(O)C5OC5OC(C)C(O)C(O)C5O)C4O)C4C[C@@H](OS(=O)(=O)[O-])CC[C@]4(C)C3=CC[C@@]21C.[Na+]. The van der Waals surface area contributed by atoms with Gasteiger partial charge < -0.3 is 138 Å². The molecule has 10 aliphatic rings. The molecule has 6 aliphatic heterocycles. The van der Waals surface area contributed by atoms with Crippen molar-refractivity contribution in [2.24, 2.45) is 40.4 Å². The molecule has 38 atom stereocenters. The molecule has 0 aromatic rings. The first kappa shape index (κ1) is 79.3. The van der Waals surface area contributed by atoms with Crippen molar-refractivity contribution >= 4 is 16.2 Å². The van der Waals surface area contributed by atoms with E-state index in [1.807, 2.05) is 13.8 Å². The number of Topliss-reactive ketones (excluding diaryl/α,β-unsaturated/α-hetero) is 1. The Morgan fingerprint density at radius 3 is 1.69 bits per heavy atom. The van der Waals surface area contributed by atoms with Crippen LogP contribution in [0.5, 0.6) is 0 Å². The van der Waals surface area contributed by atoms with Gasteiger partial charge in [0.1, 0.15) is 122 Å². The minimum Gasteiger partial charge on any atom is -0.726 e. The van der Waals surface area contributed by atoms with E-state index in [1.165, 1.54) is 27.7 Å². The van der Waals surface area contributed by atoms with Gasteiger partial charge in [0, 0.05) is 12.8 Å². The predicted molar refractivity (Wildman–Crippen MR) is 315 cm³/mol. The molecule has 0 amide bonds. The maximum Gasteiger partial charge on any atom is 1.00 e. The molecule has 6 heterocycles. The van der Waals surface area contributed by atoms with Gasteiger partial charge in [-0.05, 0) is 120 Å². The van der Waals surface area contributed by atoms with Crippen LogP contribution in [-0.2, 0) is 76.2 Å². The molecule has 10 rings (SSSR count). The number of allylic oxidation sites excluding steroid dienone is 2. The molecule has 3 saturated carbocycles. The van der Waals surface area contributed by atoms with Crippen LogP contribution in [0, 0.1) is 40.4 Å². The third-order valence-corrected chi connectivity index (χ3v) is 22.8. The Labute approximate surface area is 579 Å². The van der Waals surface area contributed by atoms with Gasteiger partial charge in [0.05, 0.1) is 55.4 Å². The van der Waals surface area contributed by atoms with Gasteiger partial charge in [-0.1, -0.05) is 39.3 Å². The summed E-state index contributed by atoms with van der Waals surface area (Å²) in [5, 5.41) is 169. The molecule has 9 fully saturated rings. The second kappa shape index (κ2) is 31.1. The van der Waals surface area contributed by atoms with E-state index in [4.69, 9.17) is 61.0 Å². The molecule has 4 aliphatic carbocycles. The number of fused-ring (bicyclic) bond motifs is 5. The van der Waals surface area contributed by atoms with Crippen molar-refractivity contribution in [2.45, 2.75) is 316 Å². The number of carbonyl (C=O) groups excluding carboxylic acids is 1. The zero-order valence-electron chi connectivity index (χ0n) is 55.7. The van der Waals surface area contributed by atoms with E-state index in [2.05, 4.69) is 19.9 Å². The van der Waals surface area contributed by atoms with E-state index in [9.17, 15) is 94.4 Å². The zero-order chi connectivity index (χ0) is 69.6. The van der Waals surface area contributed by atoms with Gasteiger partial charge in [-0.15, -0.1) is 0 Å². The van der Waals surface area contributed by atoms with E-state index in [1.54, 1.807) is 6.92 Å². The van der Waals surface area contributed by atoms with E-state index >= 15 is 0 Å². The summed E-state index contributed by atoms with van der Waals surface area (Å²) in [6, 6.07) is 0. The van der Waals surface area contributed by atoms with Crippen molar-refractivity contribution in [3.8, 4) is 0 Å². The Balaban J connectivity index is 0.0000108.